The zero-order valence-electron chi connectivity index (χ0n) is 13.0. The van der Waals surface area contributed by atoms with Crippen LogP contribution in [0, 0.1) is 0 Å². The minimum absolute atomic E-state index is 0.0494. The van der Waals surface area contributed by atoms with Crippen molar-refractivity contribution in [3.63, 3.8) is 0 Å². The average molecular weight is 331 g/mol. The Morgan fingerprint density at radius 3 is 2.74 bits per heavy atom. The first-order valence-corrected chi connectivity index (χ1v) is 8.38. The van der Waals surface area contributed by atoms with Gasteiger partial charge < -0.3 is 4.74 Å². The molecule has 0 unspecified atom stereocenters. The maximum absolute atomic E-state index is 12.1. The van der Waals surface area contributed by atoms with E-state index in [1.165, 1.54) is 22.3 Å². The Kier molecular flexibility index (Phi) is 5.35. The lowest BCUT2D eigenvalue weighted by Gasteiger charge is -2.08. The molecule has 1 aliphatic rings. The van der Waals surface area contributed by atoms with Gasteiger partial charge in [-0.2, -0.15) is 0 Å². The van der Waals surface area contributed by atoms with Gasteiger partial charge in [0, 0.05) is 0 Å². The Morgan fingerprint density at radius 1 is 1.09 bits per heavy atom. The highest BCUT2D eigenvalue weighted by Crippen LogP contribution is 2.29. The lowest BCUT2D eigenvalue weighted by molar-refractivity contribution is 0.273. The highest BCUT2D eigenvalue weighted by molar-refractivity contribution is 6.32. The molecule has 0 radical (unpaired) electrons. The number of halogens is 2. The maximum atomic E-state index is 12.1. The fourth-order valence-corrected chi connectivity index (χ4v) is 3.25. The van der Waals surface area contributed by atoms with Gasteiger partial charge in [0.15, 0.2) is 0 Å². The molecule has 1 nitrogen and oxygen atoms in total. The van der Waals surface area contributed by atoms with Gasteiger partial charge in [0.05, 0.1) is 5.02 Å². The van der Waals surface area contributed by atoms with E-state index in [1.54, 1.807) is 0 Å². The maximum Gasteiger partial charge on any atom is 0.138 e. The summed E-state index contributed by atoms with van der Waals surface area (Å²) in [6, 6.07) is 14.3. The minimum atomic E-state index is -0.504. The first-order chi connectivity index (χ1) is 11.3. The van der Waals surface area contributed by atoms with E-state index in [9.17, 15) is 4.39 Å². The van der Waals surface area contributed by atoms with E-state index in [2.05, 4.69) is 30.3 Å². The van der Waals surface area contributed by atoms with Crippen LogP contribution in [0.2, 0.25) is 5.02 Å². The molecule has 0 bridgehead atoms. The molecule has 0 N–H and O–H groups in total. The lowest BCUT2D eigenvalue weighted by atomic mass is 10.0. The van der Waals surface area contributed by atoms with Crippen LogP contribution in [-0.4, -0.2) is 13.3 Å². The lowest BCUT2D eigenvalue weighted by Crippen LogP contribution is -1.99. The summed E-state index contributed by atoms with van der Waals surface area (Å²) in [6.07, 6.45) is 6.58. The average Bonchev–Trinajstić information content (AvgIpc) is 2.97. The van der Waals surface area contributed by atoms with E-state index in [4.69, 9.17) is 16.3 Å². The number of aryl methyl sites for hydroxylation is 1. The van der Waals surface area contributed by atoms with Crippen molar-refractivity contribution in [3.8, 4) is 5.75 Å². The van der Waals surface area contributed by atoms with Crippen LogP contribution in [0.25, 0.3) is 6.08 Å². The van der Waals surface area contributed by atoms with Crippen molar-refractivity contribution in [1.29, 1.82) is 0 Å². The van der Waals surface area contributed by atoms with Crippen LogP contribution in [0.4, 0.5) is 4.39 Å². The van der Waals surface area contributed by atoms with Crippen LogP contribution in [-0.2, 0) is 12.8 Å². The molecule has 0 aliphatic heterocycles. The van der Waals surface area contributed by atoms with E-state index in [0.717, 1.165) is 25.7 Å². The summed E-state index contributed by atoms with van der Waals surface area (Å²) in [5.41, 5.74) is 5.48. The third kappa shape index (κ3) is 4.14. The van der Waals surface area contributed by atoms with Gasteiger partial charge in [-0.3, -0.25) is 0 Å². The molecule has 0 saturated heterocycles. The number of fused-ring (bicyclic) bond motifs is 1. The first-order valence-electron chi connectivity index (χ1n) is 8.01. The molecule has 0 amide bonds. The number of ether oxygens (including phenoxy) is 1. The standard InChI is InChI=1S/C20H20ClFO/c21-19-14-15(8-9-20(19)23-11-10-22)4-3-5-16-12-17-6-1-2-7-18(17)13-16/h1-2,6-9,12,14H,3-5,10-11,13H2. The number of benzene rings is 2. The Labute approximate surface area is 141 Å². The molecule has 2 aromatic carbocycles. The topological polar surface area (TPSA) is 9.23 Å². The summed E-state index contributed by atoms with van der Waals surface area (Å²) in [4.78, 5) is 0. The van der Waals surface area contributed by atoms with Gasteiger partial charge in [-0.1, -0.05) is 53.6 Å². The molecule has 0 heterocycles. The molecule has 0 atom stereocenters. The summed E-state index contributed by atoms with van der Waals surface area (Å²) in [7, 11) is 0. The summed E-state index contributed by atoms with van der Waals surface area (Å²) in [5.74, 6) is 0.557. The number of hydrogen-bond acceptors (Lipinski definition) is 1. The van der Waals surface area contributed by atoms with Crippen LogP contribution >= 0.6 is 11.6 Å². The van der Waals surface area contributed by atoms with Crippen molar-refractivity contribution in [2.24, 2.45) is 0 Å². The van der Waals surface area contributed by atoms with Crippen LogP contribution < -0.4 is 4.74 Å². The third-order valence-corrected chi connectivity index (χ3v) is 4.42. The van der Waals surface area contributed by atoms with Crippen molar-refractivity contribution in [2.75, 3.05) is 13.3 Å². The van der Waals surface area contributed by atoms with Gasteiger partial charge in [0.1, 0.15) is 19.0 Å². The quantitative estimate of drug-likeness (QED) is 0.637. The van der Waals surface area contributed by atoms with Gasteiger partial charge in [-0.05, 0) is 54.5 Å². The summed E-state index contributed by atoms with van der Waals surface area (Å²) < 4.78 is 17.4. The van der Waals surface area contributed by atoms with Crippen LogP contribution in [0.3, 0.4) is 0 Å². The van der Waals surface area contributed by atoms with Gasteiger partial charge >= 0.3 is 0 Å². The van der Waals surface area contributed by atoms with E-state index >= 15 is 0 Å². The van der Waals surface area contributed by atoms with E-state index in [-0.39, 0.29) is 6.61 Å². The molecular formula is C20H20ClFO. The Bertz CT molecular complexity index is 709. The van der Waals surface area contributed by atoms with E-state index in [1.807, 2.05) is 18.2 Å². The van der Waals surface area contributed by atoms with E-state index in [0.29, 0.717) is 10.8 Å². The monoisotopic (exact) mass is 330 g/mol. The molecular weight excluding hydrogens is 311 g/mol. The van der Waals surface area contributed by atoms with Crippen LogP contribution in [0.1, 0.15) is 29.5 Å². The number of hydrogen-bond donors (Lipinski definition) is 0. The molecule has 0 aromatic heterocycles. The van der Waals surface area contributed by atoms with Gasteiger partial charge in [-0.15, -0.1) is 0 Å². The molecule has 120 valence electrons. The second-order valence-electron chi connectivity index (χ2n) is 5.83. The number of rotatable bonds is 7. The fraction of sp³-hybridized carbons (Fsp3) is 0.300. The summed E-state index contributed by atoms with van der Waals surface area (Å²) >= 11 is 6.17. The van der Waals surface area contributed by atoms with Crippen molar-refractivity contribution in [3.05, 3.63) is 69.8 Å². The highest BCUT2D eigenvalue weighted by Gasteiger charge is 2.11. The SMILES string of the molecule is FCCOc1ccc(CCCC2=Cc3ccccc3C2)cc1Cl. The zero-order valence-corrected chi connectivity index (χ0v) is 13.8. The van der Waals surface area contributed by atoms with Gasteiger partial charge in [0.25, 0.3) is 0 Å². The summed E-state index contributed by atoms with van der Waals surface area (Å²) in [5, 5.41) is 0.559. The molecule has 23 heavy (non-hydrogen) atoms. The Morgan fingerprint density at radius 2 is 1.96 bits per heavy atom. The second-order valence-corrected chi connectivity index (χ2v) is 6.24. The number of allylic oxidation sites excluding steroid dienone is 1. The second kappa shape index (κ2) is 7.65. The smallest absolute Gasteiger partial charge is 0.138 e. The fourth-order valence-electron chi connectivity index (χ4n) is 3.00. The minimum Gasteiger partial charge on any atom is -0.489 e. The predicted molar refractivity (Wildman–Crippen MR) is 94.0 cm³/mol. The van der Waals surface area contributed by atoms with Crippen LogP contribution in [0.15, 0.2) is 48.0 Å². The van der Waals surface area contributed by atoms with Crippen molar-refractivity contribution in [2.45, 2.75) is 25.7 Å². The first kappa shape index (κ1) is 16.1. The summed E-state index contributed by atoms with van der Waals surface area (Å²) in [6.45, 7) is -0.455. The van der Waals surface area contributed by atoms with Gasteiger partial charge in [0.2, 0.25) is 0 Å². The molecule has 1 aliphatic carbocycles. The highest BCUT2D eigenvalue weighted by atomic mass is 35.5. The molecule has 0 fully saturated rings. The number of alkyl halides is 1. The molecule has 0 spiro atoms. The molecule has 0 saturated carbocycles. The van der Waals surface area contributed by atoms with Crippen LogP contribution in [0.5, 0.6) is 5.75 Å². The zero-order chi connectivity index (χ0) is 16.1. The predicted octanol–water partition coefficient (Wildman–Crippen LogP) is 5.65. The van der Waals surface area contributed by atoms with Crippen molar-refractivity contribution in [1.82, 2.24) is 0 Å². The Balaban J connectivity index is 1.51. The molecule has 2 aromatic rings. The van der Waals surface area contributed by atoms with Gasteiger partial charge in [-0.25, -0.2) is 4.39 Å². The van der Waals surface area contributed by atoms with Crippen molar-refractivity contribution < 1.29 is 9.13 Å². The normalized spacial score (nSPS) is 12.9. The largest absolute Gasteiger partial charge is 0.489 e. The Hall–Kier alpha value is -1.80. The van der Waals surface area contributed by atoms with E-state index < -0.39 is 6.67 Å². The molecule has 3 rings (SSSR count). The van der Waals surface area contributed by atoms with Crippen molar-refractivity contribution >= 4 is 17.7 Å². The third-order valence-electron chi connectivity index (χ3n) is 4.13. The molecule has 3 heteroatoms.